The summed E-state index contributed by atoms with van der Waals surface area (Å²) in [5.41, 5.74) is 5.14. The molecule has 29 heavy (non-hydrogen) atoms. The first-order valence-electron chi connectivity index (χ1n) is 10.2. The minimum absolute atomic E-state index is 0.0711. The van der Waals surface area contributed by atoms with Crippen molar-refractivity contribution in [2.45, 2.75) is 25.0 Å². The molecule has 5 heteroatoms. The van der Waals surface area contributed by atoms with Gasteiger partial charge in [-0.3, -0.25) is 9.78 Å². The molecule has 0 aliphatic carbocycles. The molecule has 0 saturated carbocycles. The maximum Gasteiger partial charge on any atom is 0.251 e. The summed E-state index contributed by atoms with van der Waals surface area (Å²) in [5.74, 6) is 0.398. The normalized spacial score (nSPS) is 22.3. The van der Waals surface area contributed by atoms with Gasteiger partial charge in [0.05, 0.1) is 18.3 Å². The number of aromatic nitrogens is 1. The van der Waals surface area contributed by atoms with Crippen LogP contribution in [0.25, 0.3) is 0 Å². The van der Waals surface area contributed by atoms with Crippen molar-refractivity contribution in [3.63, 3.8) is 0 Å². The van der Waals surface area contributed by atoms with Crippen LogP contribution in [0.1, 0.15) is 45.7 Å². The minimum atomic E-state index is -0.0711. The van der Waals surface area contributed by atoms with Gasteiger partial charge in [0.15, 0.2) is 0 Å². The van der Waals surface area contributed by atoms with E-state index in [9.17, 15) is 4.79 Å². The molecule has 1 saturated heterocycles. The summed E-state index contributed by atoms with van der Waals surface area (Å²) < 4.78 is 0. The highest BCUT2D eigenvalue weighted by Crippen LogP contribution is 2.47. The maximum atomic E-state index is 12.7. The molecule has 0 bridgehead atoms. The quantitative estimate of drug-likeness (QED) is 0.640. The fourth-order valence-electron chi connectivity index (χ4n) is 4.56. The van der Waals surface area contributed by atoms with Crippen LogP contribution in [0.5, 0.6) is 0 Å². The molecule has 1 unspecified atom stereocenters. The Morgan fingerprint density at radius 1 is 1.03 bits per heavy atom. The lowest BCUT2D eigenvalue weighted by molar-refractivity contribution is 0.0950. The molecule has 2 aromatic carbocycles. The summed E-state index contributed by atoms with van der Waals surface area (Å²) in [6.45, 7) is 1.42. The van der Waals surface area contributed by atoms with Crippen LogP contribution < -0.4 is 16.0 Å². The van der Waals surface area contributed by atoms with Gasteiger partial charge in [0, 0.05) is 29.4 Å². The van der Waals surface area contributed by atoms with Crippen LogP contribution in [0.2, 0.25) is 0 Å². The Labute approximate surface area is 170 Å². The minimum Gasteiger partial charge on any atom is -0.378 e. The van der Waals surface area contributed by atoms with Gasteiger partial charge in [-0.15, -0.1) is 0 Å². The molecular formula is C24H24N4O. The van der Waals surface area contributed by atoms with Crippen LogP contribution in [0, 0.1) is 5.92 Å². The van der Waals surface area contributed by atoms with E-state index in [1.807, 2.05) is 36.4 Å². The number of rotatable bonds is 4. The van der Waals surface area contributed by atoms with Gasteiger partial charge in [-0.1, -0.05) is 36.4 Å². The third-order valence-electron chi connectivity index (χ3n) is 5.97. The zero-order chi connectivity index (χ0) is 19.6. The Hall–Kier alpha value is -3.18. The molecule has 3 heterocycles. The zero-order valence-electron chi connectivity index (χ0n) is 16.1. The predicted molar refractivity (Wildman–Crippen MR) is 114 cm³/mol. The number of fused-ring (bicyclic) bond motifs is 3. The molecule has 3 atom stereocenters. The molecule has 5 nitrogen and oxygen atoms in total. The average Bonchev–Trinajstić information content (AvgIpc) is 3.28. The van der Waals surface area contributed by atoms with Crippen molar-refractivity contribution < 1.29 is 4.79 Å². The van der Waals surface area contributed by atoms with Gasteiger partial charge in [0.2, 0.25) is 0 Å². The van der Waals surface area contributed by atoms with Crippen molar-refractivity contribution in [1.82, 2.24) is 15.6 Å². The van der Waals surface area contributed by atoms with Gasteiger partial charge in [-0.2, -0.15) is 0 Å². The third-order valence-corrected chi connectivity index (χ3v) is 5.97. The van der Waals surface area contributed by atoms with Crippen molar-refractivity contribution in [3.05, 3.63) is 95.3 Å². The summed E-state index contributed by atoms with van der Waals surface area (Å²) in [5, 5.41) is 10.4. The summed E-state index contributed by atoms with van der Waals surface area (Å²) in [7, 11) is 0. The number of pyridine rings is 1. The highest BCUT2D eigenvalue weighted by molar-refractivity contribution is 5.95. The highest BCUT2D eigenvalue weighted by atomic mass is 16.1. The smallest absolute Gasteiger partial charge is 0.251 e. The van der Waals surface area contributed by atoms with Crippen molar-refractivity contribution >= 4 is 11.6 Å². The van der Waals surface area contributed by atoms with Crippen molar-refractivity contribution in [2.24, 2.45) is 5.92 Å². The number of nitrogens with zero attached hydrogens (tertiary/aromatic N) is 1. The predicted octanol–water partition coefficient (Wildman–Crippen LogP) is 3.83. The number of hydrogen-bond acceptors (Lipinski definition) is 4. The van der Waals surface area contributed by atoms with E-state index in [0.717, 1.165) is 24.3 Å². The molecule has 1 fully saturated rings. The number of hydrogen-bond donors (Lipinski definition) is 3. The lowest BCUT2D eigenvalue weighted by atomic mass is 9.80. The van der Waals surface area contributed by atoms with Gasteiger partial charge in [0.25, 0.3) is 5.91 Å². The van der Waals surface area contributed by atoms with E-state index in [4.69, 9.17) is 0 Å². The fraction of sp³-hybridized carbons (Fsp3) is 0.250. The fourth-order valence-corrected chi connectivity index (χ4v) is 4.56. The molecule has 3 N–H and O–H groups in total. The van der Waals surface area contributed by atoms with E-state index in [0.29, 0.717) is 18.0 Å². The number of carbonyl (C=O) groups is 1. The van der Waals surface area contributed by atoms with E-state index < -0.39 is 0 Å². The Kier molecular flexibility index (Phi) is 4.74. The Morgan fingerprint density at radius 2 is 1.90 bits per heavy atom. The van der Waals surface area contributed by atoms with Gasteiger partial charge in [-0.25, -0.2) is 0 Å². The highest BCUT2D eigenvalue weighted by Gasteiger charge is 2.40. The Bertz CT molecular complexity index is 1010. The Morgan fingerprint density at radius 3 is 2.72 bits per heavy atom. The summed E-state index contributed by atoms with van der Waals surface area (Å²) in [6, 6.07) is 22.9. The van der Waals surface area contributed by atoms with E-state index in [1.54, 1.807) is 6.20 Å². The molecular weight excluding hydrogens is 360 g/mol. The third kappa shape index (κ3) is 3.49. The van der Waals surface area contributed by atoms with Gasteiger partial charge in [0.1, 0.15) is 0 Å². The lowest BCUT2D eigenvalue weighted by Crippen LogP contribution is -2.33. The van der Waals surface area contributed by atoms with Crippen LogP contribution in [0.4, 0.5) is 5.69 Å². The van der Waals surface area contributed by atoms with Crippen LogP contribution in [0.3, 0.4) is 0 Å². The molecule has 2 aliphatic heterocycles. The van der Waals surface area contributed by atoms with Crippen molar-refractivity contribution in [2.75, 3.05) is 11.9 Å². The number of carbonyl (C=O) groups excluding carboxylic acids is 1. The van der Waals surface area contributed by atoms with Gasteiger partial charge < -0.3 is 16.0 Å². The molecule has 3 aromatic rings. The topological polar surface area (TPSA) is 66.0 Å². The first-order chi connectivity index (χ1) is 14.3. The largest absolute Gasteiger partial charge is 0.378 e. The van der Waals surface area contributed by atoms with Gasteiger partial charge in [-0.05, 0) is 54.4 Å². The van der Waals surface area contributed by atoms with E-state index in [2.05, 4.69) is 51.3 Å². The molecule has 0 radical (unpaired) electrons. The molecule has 146 valence electrons. The number of amides is 1. The standard InChI is InChI=1S/C24H24N4O/c29-24(27-15-18-8-4-5-12-25-18)17-9-10-21-20(14-17)23-19(11-13-26-23)22(28-21)16-6-2-1-3-7-16/h1-10,12,14,19,22-23,26,28H,11,13,15H2,(H,27,29)/t19-,22?,23-/m0/s1. The van der Waals surface area contributed by atoms with E-state index in [1.165, 1.54) is 11.1 Å². The second-order valence-corrected chi connectivity index (χ2v) is 7.72. The summed E-state index contributed by atoms with van der Waals surface area (Å²) >= 11 is 0. The lowest BCUT2D eigenvalue weighted by Gasteiger charge is -2.37. The monoisotopic (exact) mass is 384 g/mol. The second-order valence-electron chi connectivity index (χ2n) is 7.72. The van der Waals surface area contributed by atoms with Crippen LogP contribution >= 0.6 is 0 Å². The van der Waals surface area contributed by atoms with Crippen molar-refractivity contribution in [1.29, 1.82) is 0 Å². The number of benzene rings is 2. The van der Waals surface area contributed by atoms with E-state index >= 15 is 0 Å². The Balaban J connectivity index is 1.39. The molecule has 0 spiro atoms. The SMILES string of the molecule is O=C(NCc1ccccn1)c1ccc2c(c1)[C@H]1NCC[C@H]1C(c1ccccc1)N2. The zero-order valence-corrected chi connectivity index (χ0v) is 16.1. The molecule has 1 aromatic heterocycles. The first kappa shape index (κ1) is 17.9. The summed E-state index contributed by atoms with van der Waals surface area (Å²) in [4.78, 5) is 17.0. The average molecular weight is 384 g/mol. The first-order valence-corrected chi connectivity index (χ1v) is 10.2. The van der Waals surface area contributed by atoms with Crippen LogP contribution in [0.15, 0.2) is 72.9 Å². The van der Waals surface area contributed by atoms with Crippen molar-refractivity contribution in [3.8, 4) is 0 Å². The second kappa shape index (κ2) is 7.68. The number of anilines is 1. The maximum absolute atomic E-state index is 12.7. The van der Waals surface area contributed by atoms with E-state index in [-0.39, 0.29) is 18.0 Å². The van der Waals surface area contributed by atoms with Gasteiger partial charge >= 0.3 is 0 Å². The molecule has 1 amide bonds. The summed E-state index contributed by atoms with van der Waals surface area (Å²) in [6.07, 6.45) is 2.86. The molecule has 2 aliphatic rings. The number of nitrogens with one attached hydrogen (secondary N) is 3. The molecule has 5 rings (SSSR count). The van der Waals surface area contributed by atoms with Crippen LogP contribution in [-0.2, 0) is 6.54 Å². The van der Waals surface area contributed by atoms with Crippen LogP contribution in [-0.4, -0.2) is 17.4 Å².